The molecule has 0 heterocycles. The Kier molecular flexibility index (Phi) is 3.30. The Labute approximate surface area is 139 Å². The number of fused-ring (bicyclic) bond motifs is 1. The van der Waals surface area contributed by atoms with Crippen LogP contribution < -0.4 is 0 Å². The molecule has 2 unspecified atom stereocenters. The maximum Gasteiger partial charge on any atom is 0.171 e. The topological polar surface area (TPSA) is 37.3 Å². The van der Waals surface area contributed by atoms with Crippen LogP contribution in [0.15, 0.2) is 40.6 Å². The van der Waals surface area contributed by atoms with Gasteiger partial charge in [-0.25, -0.2) is 0 Å². The number of aryl methyl sites for hydroxylation is 1. The minimum Gasteiger partial charge on any atom is -0.511 e. The first-order valence-electron chi connectivity index (χ1n) is 8.06. The number of halogens is 1. The van der Waals surface area contributed by atoms with Crippen LogP contribution in [0.25, 0.3) is 5.57 Å². The van der Waals surface area contributed by atoms with Crippen LogP contribution in [0.2, 0.25) is 0 Å². The van der Waals surface area contributed by atoms with Crippen molar-refractivity contribution in [3.05, 3.63) is 51.7 Å². The summed E-state index contributed by atoms with van der Waals surface area (Å²) in [6.07, 6.45) is 7.43. The minimum atomic E-state index is -0.0394. The predicted octanol–water partition coefficient (Wildman–Crippen LogP) is 4.69. The smallest absolute Gasteiger partial charge is 0.171 e. The standard InChI is InChI=1S/C19H19BrO2/c1-2-10-7-8-13(20)9-14(10)17-18(21)15-11-3-4-12(6-5-11)16(15)19(17)22/h3-4,7-9,11-12,15-16,21H,2,5-6H2,1H3/t11-,12+,15?,16?/m1/s1. The monoisotopic (exact) mass is 358 g/mol. The largest absolute Gasteiger partial charge is 0.511 e. The average Bonchev–Trinajstić information content (AvgIpc) is 2.82. The molecule has 3 heteroatoms. The lowest BCUT2D eigenvalue weighted by atomic mass is 9.63. The van der Waals surface area contributed by atoms with E-state index in [9.17, 15) is 9.90 Å². The summed E-state index contributed by atoms with van der Waals surface area (Å²) in [5, 5.41) is 10.9. The Morgan fingerprint density at radius 3 is 2.45 bits per heavy atom. The highest BCUT2D eigenvalue weighted by atomic mass is 79.9. The van der Waals surface area contributed by atoms with E-state index >= 15 is 0 Å². The number of benzene rings is 1. The van der Waals surface area contributed by atoms with Crippen LogP contribution in [0.5, 0.6) is 0 Å². The molecule has 1 saturated carbocycles. The molecule has 0 saturated heterocycles. The lowest BCUT2D eigenvalue weighted by Crippen LogP contribution is -2.38. The van der Waals surface area contributed by atoms with Gasteiger partial charge in [0.2, 0.25) is 0 Å². The molecule has 1 aromatic rings. The van der Waals surface area contributed by atoms with Crippen LogP contribution in [0, 0.1) is 23.7 Å². The van der Waals surface area contributed by atoms with Crippen LogP contribution in [0.4, 0.5) is 0 Å². The molecule has 4 aliphatic carbocycles. The van der Waals surface area contributed by atoms with Gasteiger partial charge in [-0.05, 0) is 54.4 Å². The van der Waals surface area contributed by atoms with Gasteiger partial charge in [-0.3, -0.25) is 4.79 Å². The maximum absolute atomic E-state index is 13.1. The number of aliphatic hydroxyl groups is 1. The lowest BCUT2D eigenvalue weighted by molar-refractivity contribution is -0.120. The van der Waals surface area contributed by atoms with E-state index in [1.807, 2.05) is 18.2 Å². The predicted molar refractivity (Wildman–Crippen MR) is 90.4 cm³/mol. The number of hydrogen-bond donors (Lipinski definition) is 1. The number of rotatable bonds is 2. The molecule has 1 fully saturated rings. The van der Waals surface area contributed by atoms with Crippen molar-refractivity contribution >= 4 is 27.3 Å². The van der Waals surface area contributed by atoms with E-state index in [2.05, 4.69) is 35.0 Å². The fraction of sp³-hybridized carbons (Fsp3) is 0.421. The van der Waals surface area contributed by atoms with Crippen LogP contribution in [-0.4, -0.2) is 10.9 Å². The second-order valence-electron chi connectivity index (χ2n) is 6.62. The number of aliphatic hydroxyl groups excluding tert-OH is 1. The number of Topliss-reactive ketones (excluding diaryl/α,β-unsaturated/α-hetero) is 1. The molecule has 4 atom stereocenters. The molecule has 0 spiro atoms. The Balaban J connectivity index is 1.86. The molecule has 2 bridgehead atoms. The fourth-order valence-electron chi connectivity index (χ4n) is 4.54. The quantitative estimate of drug-likeness (QED) is 0.778. The van der Waals surface area contributed by atoms with Gasteiger partial charge in [0, 0.05) is 16.3 Å². The van der Waals surface area contributed by atoms with Gasteiger partial charge in [0.1, 0.15) is 5.76 Å². The third-order valence-electron chi connectivity index (χ3n) is 5.59. The molecule has 4 aliphatic rings. The van der Waals surface area contributed by atoms with Crippen molar-refractivity contribution in [2.24, 2.45) is 23.7 Å². The van der Waals surface area contributed by atoms with Gasteiger partial charge < -0.3 is 5.11 Å². The second-order valence-corrected chi connectivity index (χ2v) is 7.54. The SMILES string of the molecule is CCc1ccc(Br)cc1C1=C(O)C2C(C1=O)[C@H]1C=C[C@@H]2CC1. The van der Waals surface area contributed by atoms with E-state index in [0.29, 0.717) is 23.2 Å². The summed E-state index contributed by atoms with van der Waals surface area (Å²) in [4.78, 5) is 13.1. The van der Waals surface area contributed by atoms with Crippen molar-refractivity contribution in [3.63, 3.8) is 0 Å². The summed E-state index contributed by atoms with van der Waals surface area (Å²) in [6.45, 7) is 2.09. The summed E-state index contributed by atoms with van der Waals surface area (Å²) >= 11 is 3.50. The molecule has 114 valence electrons. The van der Waals surface area contributed by atoms with E-state index < -0.39 is 0 Å². The van der Waals surface area contributed by atoms with E-state index in [-0.39, 0.29) is 17.6 Å². The highest BCUT2D eigenvalue weighted by molar-refractivity contribution is 9.10. The first-order valence-corrected chi connectivity index (χ1v) is 8.85. The van der Waals surface area contributed by atoms with Crippen LogP contribution in [0.3, 0.4) is 0 Å². The van der Waals surface area contributed by atoms with Gasteiger partial charge in [-0.15, -0.1) is 0 Å². The van der Waals surface area contributed by atoms with E-state index in [4.69, 9.17) is 0 Å². The van der Waals surface area contributed by atoms with Crippen LogP contribution in [-0.2, 0) is 11.2 Å². The second kappa shape index (κ2) is 5.09. The Bertz CT molecular complexity index is 716. The van der Waals surface area contributed by atoms with Gasteiger partial charge in [0.25, 0.3) is 0 Å². The highest BCUT2D eigenvalue weighted by Crippen LogP contribution is 2.54. The highest BCUT2D eigenvalue weighted by Gasteiger charge is 2.52. The number of hydrogen-bond acceptors (Lipinski definition) is 2. The summed E-state index contributed by atoms with van der Waals surface area (Å²) in [6, 6.07) is 6.02. The Hall–Kier alpha value is -1.35. The van der Waals surface area contributed by atoms with Crippen molar-refractivity contribution < 1.29 is 9.90 Å². The molecular weight excluding hydrogens is 340 g/mol. The molecule has 2 nitrogen and oxygen atoms in total. The van der Waals surface area contributed by atoms with Crippen molar-refractivity contribution in [2.75, 3.05) is 0 Å². The number of carbonyl (C=O) groups is 1. The van der Waals surface area contributed by atoms with Crippen molar-refractivity contribution in [3.8, 4) is 0 Å². The van der Waals surface area contributed by atoms with Gasteiger partial charge in [-0.1, -0.05) is 41.1 Å². The molecule has 1 aromatic carbocycles. The zero-order chi connectivity index (χ0) is 15.4. The molecule has 0 amide bonds. The first-order chi connectivity index (χ1) is 10.6. The average molecular weight is 359 g/mol. The Morgan fingerprint density at radius 1 is 1.18 bits per heavy atom. The zero-order valence-electron chi connectivity index (χ0n) is 12.6. The summed E-state index contributed by atoms with van der Waals surface area (Å²) < 4.78 is 0.948. The van der Waals surface area contributed by atoms with Crippen molar-refractivity contribution in [1.29, 1.82) is 0 Å². The van der Waals surface area contributed by atoms with E-state index in [0.717, 1.165) is 34.9 Å². The third kappa shape index (κ3) is 1.88. The van der Waals surface area contributed by atoms with Gasteiger partial charge in [0.15, 0.2) is 5.78 Å². The molecule has 0 aromatic heterocycles. The first kappa shape index (κ1) is 14.3. The molecule has 1 N–H and O–H groups in total. The molecular formula is C19H19BrO2. The van der Waals surface area contributed by atoms with Gasteiger partial charge in [0.05, 0.1) is 5.57 Å². The van der Waals surface area contributed by atoms with Gasteiger partial charge in [-0.2, -0.15) is 0 Å². The summed E-state index contributed by atoms with van der Waals surface area (Å²) in [5.74, 6) is 1.08. The number of allylic oxidation sites excluding steroid dienone is 4. The third-order valence-corrected chi connectivity index (χ3v) is 6.08. The molecule has 5 rings (SSSR count). The fourth-order valence-corrected chi connectivity index (χ4v) is 4.91. The number of carbonyl (C=O) groups excluding carboxylic acids is 1. The van der Waals surface area contributed by atoms with Crippen molar-refractivity contribution in [1.82, 2.24) is 0 Å². The molecule has 22 heavy (non-hydrogen) atoms. The lowest BCUT2D eigenvalue weighted by Gasteiger charge is -2.40. The maximum atomic E-state index is 13.1. The van der Waals surface area contributed by atoms with E-state index in [1.165, 1.54) is 0 Å². The summed E-state index contributed by atoms with van der Waals surface area (Å²) in [5.41, 5.74) is 2.61. The summed E-state index contributed by atoms with van der Waals surface area (Å²) in [7, 11) is 0. The van der Waals surface area contributed by atoms with E-state index in [1.54, 1.807) is 0 Å². The van der Waals surface area contributed by atoms with Crippen LogP contribution >= 0.6 is 15.9 Å². The zero-order valence-corrected chi connectivity index (χ0v) is 14.1. The Morgan fingerprint density at radius 2 is 1.86 bits per heavy atom. The minimum absolute atomic E-state index is 0.00920. The van der Waals surface area contributed by atoms with Crippen molar-refractivity contribution in [2.45, 2.75) is 26.2 Å². The van der Waals surface area contributed by atoms with Gasteiger partial charge >= 0.3 is 0 Å². The molecule has 0 aliphatic heterocycles. The normalized spacial score (nSPS) is 32.7. The number of ketones is 1. The van der Waals surface area contributed by atoms with Crippen LogP contribution in [0.1, 0.15) is 30.9 Å². The molecule has 0 radical (unpaired) electrons.